The third-order valence-corrected chi connectivity index (χ3v) is 2.72. The van der Waals surface area contributed by atoms with Crippen molar-refractivity contribution in [2.24, 2.45) is 7.05 Å². The molecule has 0 radical (unpaired) electrons. The Balaban J connectivity index is 2.46. The molecule has 1 N–H and O–H groups in total. The number of hydrogen-bond acceptors (Lipinski definition) is 3. The van der Waals surface area contributed by atoms with Gasteiger partial charge in [0.05, 0.1) is 12.3 Å². The standard InChI is InChI=1S/C12H15N3O/c1-9-12(10-5-3-4-7-13-10)14-11(6-8-16)15(9)2/h3-5,7,16H,6,8H2,1-2H3. The van der Waals surface area contributed by atoms with E-state index in [0.29, 0.717) is 6.42 Å². The third kappa shape index (κ3) is 1.84. The lowest BCUT2D eigenvalue weighted by Gasteiger charge is -2.00. The molecule has 16 heavy (non-hydrogen) atoms. The Morgan fingerprint density at radius 3 is 2.81 bits per heavy atom. The minimum absolute atomic E-state index is 0.117. The normalized spacial score (nSPS) is 10.7. The van der Waals surface area contributed by atoms with Gasteiger partial charge in [0.25, 0.3) is 0 Å². The van der Waals surface area contributed by atoms with Crippen LogP contribution in [0.15, 0.2) is 24.4 Å². The van der Waals surface area contributed by atoms with Crippen LogP contribution >= 0.6 is 0 Å². The maximum Gasteiger partial charge on any atom is 0.111 e. The predicted octanol–water partition coefficient (Wildman–Crippen LogP) is 1.33. The maximum atomic E-state index is 8.95. The van der Waals surface area contributed by atoms with Crippen molar-refractivity contribution >= 4 is 0 Å². The van der Waals surface area contributed by atoms with Crippen molar-refractivity contribution in [1.29, 1.82) is 0 Å². The zero-order valence-corrected chi connectivity index (χ0v) is 9.51. The Bertz CT molecular complexity index is 477. The van der Waals surface area contributed by atoms with E-state index in [-0.39, 0.29) is 6.61 Å². The molecule has 0 aliphatic heterocycles. The summed E-state index contributed by atoms with van der Waals surface area (Å²) in [7, 11) is 1.96. The number of hydrogen-bond donors (Lipinski definition) is 1. The molecule has 0 aliphatic rings. The van der Waals surface area contributed by atoms with Gasteiger partial charge in [-0.15, -0.1) is 0 Å². The van der Waals surface area contributed by atoms with E-state index in [2.05, 4.69) is 9.97 Å². The number of nitrogens with zero attached hydrogens (tertiary/aromatic N) is 3. The zero-order chi connectivity index (χ0) is 11.5. The minimum Gasteiger partial charge on any atom is -0.396 e. The molecular weight excluding hydrogens is 202 g/mol. The van der Waals surface area contributed by atoms with Gasteiger partial charge in [0.15, 0.2) is 0 Å². The van der Waals surface area contributed by atoms with Crippen molar-refractivity contribution in [3.63, 3.8) is 0 Å². The van der Waals surface area contributed by atoms with Crippen LogP contribution in [0.2, 0.25) is 0 Å². The summed E-state index contributed by atoms with van der Waals surface area (Å²) in [4.78, 5) is 8.80. The number of aliphatic hydroxyl groups excluding tert-OH is 1. The first kappa shape index (κ1) is 10.8. The monoisotopic (exact) mass is 217 g/mol. The van der Waals surface area contributed by atoms with Crippen LogP contribution in [0.4, 0.5) is 0 Å². The lowest BCUT2D eigenvalue weighted by Crippen LogP contribution is -2.01. The van der Waals surface area contributed by atoms with Crippen LogP contribution in [-0.2, 0) is 13.5 Å². The molecule has 0 aliphatic carbocycles. The number of rotatable bonds is 3. The molecule has 4 nitrogen and oxygen atoms in total. The van der Waals surface area contributed by atoms with E-state index in [1.165, 1.54) is 0 Å². The van der Waals surface area contributed by atoms with E-state index in [9.17, 15) is 0 Å². The SMILES string of the molecule is Cc1c(-c2ccccn2)nc(CCO)n1C. The first-order chi connectivity index (χ1) is 7.74. The number of aromatic nitrogens is 3. The molecule has 2 aromatic heterocycles. The highest BCUT2D eigenvalue weighted by Crippen LogP contribution is 2.20. The second kappa shape index (κ2) is 4.45. The van der Waals surface area contributed by atoms with E-state index < -0.39 is 0 Å². The molecule has 2 heterocycles. The Kier molecular flexibility index (Phi) is 3.01. The van der Waals surface area contributed by atoms with Gasteiger partial charge in [-0.2, -0.15) is 0 Å². The van der Waals surface area contributed by atoms with Crippen LogP contribution < -0.4 is 0 Å². The summed E-state index contributed by atoms with van der Waals surface area (Å²) < 4.78 is 2.00. The summed E-state index contributed by atoms with van der Waals surface area (Å²) in [6.07, 6.45) is 2.33. The van der Waals surface area contributed by atoms with Gasteiger partial charge in [0, 0.05) is 25.4 Å². The summed E-state index contributed by atoms with van der Waals surface area (Å²) >= 11 is 0. The molecule has 4 heteroatoms. The van der Waals surface area contributed by atoms with Crippen LogP contribution in [0.3, 0.4) is 0 Å². The van der Waals surface area contributed by atoms with E-state index in [0.717, 1.165) is 22.9 Å². The van der Waals surface area contributed by atoms with Gasteiger partial charge in [-0.3, -0.25) is 4.98 Å². The quantitative estimate of drug-likeness (QED) is 0.843. The Labute approximate surface area is 94.6 Å². The second-order valence-electron chi connectivity index (χ2n) is 3.71. The fourth-order valence-corrected chi connectivity index (χ4v) is 1.71. The van der Waals surface area contributed by atoms with Crippen LogP contribution in [0.5, 0.6) is 0 Å². The highest BCUT2D eigenvalue weighted by Gasteiger charge is 2.12. The zero-order valence-electron chi connectivity index (χ0n) is 9.51. The number of aliphatic hydroxyl groups is 1. The summed E-state index contributed by atoms with van der Waals surface area (Å²) in [6, 6.07) is 5.77. The van der Waals surface area contributed by atoms with E-state index in [4.69, 9.17) is 5.11 Å². The predicted molar refractivity (Wildman–Crippen MR) is 62.0 cm³/mol. The van der Waals surface area contributed by atoms with Crippen molar-refractivity contribution in [3.8, 4) is 11.4 Å². The number of pyridine rings is 1. The Morgan fingerprint density at radius 1 is 1.38 bits per heavy atom. The second-order valence-corrected chi connectivity index (χ2v) is 3.71. The van der Waals surface area contributed by atoms with Crippen molar-refractivity contribution in [2.45, 2.75) is 13.3 Å². The van der Waals surface area contributed by atoms with Gasteiger partial charge in [0.1, 0.15) is 11.5 Å². The summed E-state index contributed by atoms with van der Waals surface area (Å²) in [6.45, 7) is 2.13. The van der Waals surface area contributed by atoms with Crippen molar-refractivity contribution in [3.05, 3.63) is 35.9 Å². The Morgan fingerprint density at radius 2 is 2.19 bits per heavy atom. The summed E-state index contributed by atoms with van der Waals surface area (Å²) in [5.74, 6) is 0.889. The fraction of sp³-hybridized carbons (Fsp3) is 0.333. The highest BCUT2D eigenvalue weighted by atomic mass is 16.3. The lowest BCUT2D eigenvalue weighted by atomic mass is 10.2. The summed E-state index contributed by atoms with van der Waals surface area (Å²) in [5.41, 5.74) is 2.84. The van der Waals surface area contributed by atoms with Gasteiger partial charge in [0.2, 0.25) is 0 Å². The van der Waals surface area contributed by atoms with Gasteiger partial charge in [-0.05, 0) is 19.1 Å². The van der Waals surface area contributed by atoms with Crippen LogP contribution in [-0.4, -0.2) is 26.2 Å². The number of imidazole rings is 1. The minimum atomic E-state index is 0.117. The molecule has 0 saturated carbocycles. The van der Waals surface area contributed by atoms with Gasteiger partial charge >= 0.3 is 0 Å². The van der Waals surface area contributed by atoms with E-state index in [1.807, 2.05) is 36.7 Å². The average Bonchev–Trinajstić information content (AvgIpc) is 2.59. The van der Waals surface area contributed by atoms with E-state index >= 15 is 0 Å². The van der Waals surface area contributed by atoms with Crippen molar-refractivity contribution in [2.75, 3.05) is 6.61 Å². The molecule has 0 fully saturated rings. The van der Waals surface area contributed by atoms with E-state index in [1.54, 1.807) is 6.20 Å². The largest absolute Gasteiger partial charge is 0.396 e. The lowest BCUT2D eigenvalue weighted by molar-refractivity contribution is 0.295. The molecular formula is C12H15N3O. The van der Waals surface area contributed by atoms with Crippen LogP contribution in [0.25, 0.3) is 11.4 Å². The molecule has 0 bridgehead atoms. The topological polar surface area (TPSA) is 50.9 Å². The molecule has 2 rings (SSSR count). The highest BCUT2D eigenvalue weighted by molar-refractivity contribution is 5.57. The average molecular weight is 217 g/mol. The summed E-state index contributed by atoms with van der Waals surface area (Å²) in [5, 5.41) is 8.95. The molecule has 0 atom stereocenters. The molecule has 0 saturated heterocycles. The molecule has 0 aromatic carbocycles. The Hall–Kier alpha value is -1.68. The maximum absolute atomic E-state index is 8.95. The van der Waals surface area contributed by atoms with Crippen LogP contribution in [0.1, 0.15) is 11.5 Å². The van der Waals surface area contributed by atoms with Crippen molar-refractivity contribution in [1.82, 2.24) is 14.5 Å². The van der Waals surface area contributed by atoms with Crippen molar-refractivity contribution < 1.29 is 5.11 Å². The van der Waals surface area contributed by atoms with Gasteiger partial charge in [-0.1, -0.05) is 6.07 Å². The first-order valence-corrected chi connectivity index (χ1v) is 5.28. The fourth-order valence-electron chi connectivity index (χ4n) is 1.71. The first-order valence-electron chi connectivity index (χ1n) is 5.28. The molecule has 84 valence electrons. The molecule has 2 aromatic rings. The molecule has 0 amide bonds. The van der Waals surface area contributed by atoms with Gasteiger partial charge in [-0.25, -0.2) is 4.98 Å². The molecule has 0 spiro atoms. The van der Waals surface area contributed by atoms with Gasteiger partial charge < -0.3 is 9.67 Å². The smallest absolute Gasteiger partial charge is 0.111 e. The van der Waals surface area contributed by atoms with Crippen LogP contribution in [0, 0.1) is 6.92 Å². The molecule has 0 unspecified atom stereocenters. The third-order valence-electron chi connectivity index (χ3n) is 2.72.